The Labute approximate surface area is 102 Å². The van der Waals surface area contributed by atoms with Gasteiger partial charge in [0, 0.05) is 12.2 Å². The first-order valence-electron chi connectivity index (χ1n) is 5.60. The van der Waals surface area contributed by atoms with Crippen LogP contribution in [0.5, 0.6) is 0 Å². The highest BCUT2D eigenvalue weighted by molar-refractivity contribution is 5.96. The molecule has 1 unspecified atom stereocenters. The van der Waals surface area contributed by atoms with Crippen LogP contribution in [0.25, 0.3) is 0 Å². The van der Waals surface area contributed by atoms with E-state index in [-0.39, 0.29) is 19.5 Å². The van der Waals surface area contributed by atoms with Gasteiger partial charge in [0.1, 0.15) is 0 Å². The SMILES string of the molecule is O=C(Nc1ccccc1)C1(C(F)(F)F)CCNC1. The summed E-state index contributed by atoms with van der Waals surface area (Å²) >= 11 is 0. The van der Waals surface area contributed by atoms with E-state index in [1.54, 1.807) is 30.3 Å². The van der Waals surface area contributed by atoms with Gasteiger partial charge < -0.3 is 10.6 Å². The van der Waals surface area contributed by atoms with Gasteiger partial charge >= 0.3 is 6.18 Å². The molecule has 1 aliphatic heterocycles. The molecule has 0 spiro atoms. The van der Waals surface area contributed by atoms with Crippen molar-refractivity contribution in [3.63, 3.8) is 0 Å². The number of carbonyl (C=O) groups is 1. The lowest BCUT2D eigenvalue weighted by molar-refractivity contribution is -0.213. The summed E-state index contributed by atoms with van der Waals surface area (Å²) in [5.41, 5.74) is -1.94. The van der Waals surface area contributed by atoms with Crippen LogP contribution in [0.15, 0.2) is 30.3 Å². The van der Waals surface area contributed by atoms with Crippen LogP contribution in [0.3, 0.4) is 0 Å². The van der Waals surface area contributed by atoms with E-state index in [9.17, 15) is 18.0 Å². The Bertz CT molecular complexity index is 425. The minimum atomic E-state index is -4.55. The lowest BCUT2D eigenvalue weighted by atomic mass is 9.85. The van der Waals surface area contributed by atoms with E-state index in [0.717, 1.165) is 0 Å². The molecule has 1 heterocycles. The summed E-state index contributed by atoms with van der Waals surface area (Å²) in [4.78, 5) is 11.9. The average molecular weight is 258 g/mol. The van der Waals surface area contributed by atoms with Crippen LogP contribution in [0, 0.1) is 5.41 Å². The predicted octanol–water partition coefficient (Wildman–Crippen LogP) is 2.17. The molecule has 1 atom stereocenters. The van der Waals surface area contributed by atoms with Crippen LogP contribution in [-0.2, 0) is 4.79 Å². The van der Waals surface area contributed by atoms with E-state index in [4.69, 9.17) is 0 Å². The Balaban J connectivity index is 2.20. The van der Waals surface area contributed by atoms with Gasteiger partial charge in [0.25, 0.3) is 0 Å². The molecule has 1 amide bonds. The third-order valence-corrected chi connectivity index (χ3v) is 3.16. The molecule has 6 heteroatoms. The zero-order valence-corrected chi connectivity index (χ0v) is 9.55. The van der Waals surface area contributed by atoms with Gasteiger partial charge in [-0.15, -0.1) is 0 Å². The summed E-state index contributed by atoms with van der Waals surface area (Å²) in [6.07, 6.45) is -4.77. The van der Waals surface area contributed by atoms with E-state index < -0.39 is 17.5 Å². The van der Waals surface area contributed by atoms with E-state index >= 15 is 0 Å². The summed E-state index contributed by atoms with van der Waals surface area (Å²) in [5, 5.41) is 4.94. The fraction of sp³-hybridized carbons (Fsp3) is 0.417. The van der Waals surface area contributed by atoms with Crippen molar-refractivity contribution in [3.8, 4) is 0 Å². The number of hydrogen-bond donors (Lipinski definition) is 2. The van der Waals surface area contributed by atoms with Gasteiger partial charge in [-0.25, -0.2) is 0 Å². The van der Waals surface area contributed by atoms with Gasteiger partial charge in [-0.3, -0.25) is 4.79 Å². The summed E-state index contributed by atoms with van der Waals surface area (Å²) in [5.74, 6) is -0.994. The van der Waals surface area contributed by atoms with Crippen LogP contribution in [0.1, 0.15) is 6.42 Å². The molecule has 98 valence electrons. The molecule has 2 rings (SSSR count). The lowest BCUT2D eigenvalue weighted by Gasteiger charge is -2.29. The van der Waals surface area contributed by atoms with E-state index in [0.29, 0.717) is 5.69 Å². The van der Waals surface area contributed by atoms with Gasteiger partial charge in [-0.1, -0.05) is 18.2 Å². The molecule has 1 aliphatic rings. The quantitative estimate of drug-likeness (QED) is 0.853. The fourth-order valence-electron chi connectivity index (χ4n) is 2.03. The Kier molecular flexibility index (Phi) is 3.30. The highest BCUT2D eigenvalue weighted by atomic mass is 19.4. The number of para-hydroxylation sites is 1. The van der Waals surface area contributed by atoms with Crippen LogP contribution in [-0.4, -0.2) is 25.2 Å². The number of hydrogen-bond acceptors (Lipinski definition) is 2. The molecular formula is C12H13F3N2O. The Morgan fingerprint density at radius 2 is 1.94 bits per heavy atom. The first-order chi connectivity index (χ1) is 8.46. The second-order valence-corrected chi connectivity index (χ2v) is 4.33. The second-order valence-electron chi connectivity index (χ2n) is 4.33. The zero-order chi connectivity index (χ0) is 13.2. The van der Waals surface area contributed by atoms with Crippen molar-refractivity contribution >= 4 is 11.6 Å². The van der Waals surface area contributed by atoms with Gasteiger partial charge in [0.15, 0.2) is 5.41 Å². The van der Waals surface area contributed by atoms with Gasteiger partial charge in [-0.2, -0.15) is 13.2 Å². The molecular weight excluding hydrogens is 245 g/mol. The van der Waals surface area contributed by atoms with Crippen molar-refractivity contribution in [3.05, 3.63) is 30.3 Å². The van der Waals surface area contributed by atoms with Crippen molar-refractivity contribution in [2.45, 2.75) is 12.6 Å². The number of rotatable bonds is 2. The third kappa shape index (κ3) is 2.20. The molecule has 0 saturated carbocycles. The van der Waals surface area contributed by atoms with Gasteiger partial charge in [0.2, 0.25) is 5.91 Å². The molecule has 0 bridgehead atoms. The summed E-state index contributed by atoms with van der Waals surface area (Å²) in [6.45, 7) is -0.170. The lowest BCUT2D eigenvalue weighted by Crippen LogP contribution is -2.49. The maximum absolute atomic E-state index is 13.1. The maximum atomic E-state index is 13.1. The van der Waals surface area contributed by atoms with Crippen molar-refractivity contribution in [2.75, 3.05) is 18.4 Å². The predicted molar refractivity (Wildman–Crippen MR) is 61.0 cm³/mol. The molecule has 1 fully saturated rings. The summed E-state index contributed by atoms with van der Waals surface area (Å²) in [6, 6.07) is 8.16. The average Bonchev–Trinajstić information content (AvgIpc) is 2.80. The smallest absolute Gasteiger partial charge is 0.325 e. The highest BCUT2D eigenvalue weighted by Crippen LogP contribution is 2.43. The van der Waals surface area contributed by atoms with Crippen LogP contribution >= 0.6 is 0 Å². The first-order valence-corrected chi connectivity index (χ1v) is 5.60. The number of amides is 1. The number of alkyl halides is 3. The van der Waals surface area contributed by atoms with Gasteiger partial charge in [-0.05, 0) is 25.1 Å². The topological polar surface area (TPSA) is 41.1 Å². The number of benzene rings is 1. The number of anilines is 1. The second kappa shape index (κ2) is 4.61. The maximum Gasteiger partial charge on any atom is 0.404 e. The van der Waals surface area contributed by atoms with Crippen molar-refractivity contribution < 1.29 is 18.0 Å². The zero-order valence-electron chi connectivity index (χ0n) is 9.55. The van der Waals surface area contributed by atoms with Crippen LogP contribution in [0.2, 0.25) is 0 Å². The fourth-order valence-corrected chi connectivity index (χ4v) is 2.03. The van der Waals surface area contributed by atoms with E-state index in [1.807, 2.05) is 0 Å². The van der Waals surface area contributed by atoms with Crippen molar-refractivity contribution in [2.24, 2.45) is 5.41 Å². The Morgan fingerprint density at radius 1 is 1.28 bits per heavy atom. The molecule has 0 aliphatic carbocycles. The Morgan fingerprint density at radius 3 is 2.44 bits per heavy atom. The molecule has 2 N–H and O–H groups in total. The number of carbonyl (C=O) groups excluding carboxylic acids is 1. The molecule has 1 aromatic rings. The van der Waals surface area contributed by atoms with Crippen LogP contribution < -0.4 is 10.6 Å². The monoisotopic (exact) mass is 258 g/mol. The molecule has 1 aromatic carbocycles. The highest BCUT2D eigenvalue weighted by Gasteiger charge is 2.61. The van der Waals surface area contributed by atoms with E-state index in [1.165, 1.54) is 0 Å². The Hall–Kier alpha value is -1.56. The summed E-state index contributed by atoms with van der Waals surface area (Å²) in [7, 11) is 0. The van der Waals surface area contributed by atoms with Crippen molar-refractivity contribution in [1.29, 1.82) is 0 Å². The number of halogens is 3. The molecule has 1 saturated heterocycles. The molecule has 3 nitrogen and oxygen atoms in total. The normalized spacial score (nSPS) is 23.9. The molecule has 0 radical (unpaired) electrons. The first kappa shape index (κ1) is 12.9. The molecule has 18 heavy (non-hydrogen) atoms. The van der Waals surface area contributed by atoms with Gasteiger partial charge in [0.05, 0.1) is 0 Å². The molecule has 0 aromatic heterocycles. The third-order valence-electron chi connectivity index (χ3n) is 3.16. The minimum Gasteiger partial charge on any atom is -0.325 e. The van der Waals surface area contributed by atoms with Crippen molar-refractivity contribution in [1.82, 2.24) is 5.32 Å². The largest absolute Gasteiger partial charge is 0.404 e. The van der Waals surface area contributed by atoms with Crippen LogP contribution in [0.4, 0.5) is 18.9 Å². The minimum absolute atomic E-state index is 0.196. The summed E-state index contributed by atoms with van der Waals surface area (Å²) < 4.78 is 39.2. The number of nitrogens with one attached hydrogen (secondary N) is 2. The standard InChI is InChI=1S/C12H13F3N2O/c13-12(14,15)11(6-7-16-8-11)10(18)17-9-4-2-1-3-5-9/h1-5,16H,6-8H2,(H,17,18). The van der Waals surface area contributed by atoms with E-state index in [2.05, 4.69) is 10.6 Å².